The highest BCUT2D eigenvalue weighted by molar-refractivity contribution is 7.89. The SMILES string of the molecule is CC1COCCN1S(=O)(=O)c1ccc2c(c1)NCC2. The predicted molar refractivity (Wildman–Crippen MR) is 72.8 cm³/mol. The van der Waals surface area contributed by atoms with Gasteiger partial charge in [0.15, 0.2) is 0 Å². The molecule has 0 bridgehead atoms. The number of nitrogens with one attached hydrogen (secondary N) is 1. The zero-order chi connectivity index (χ0) is 13.5. The molecule has 0 aromatic heterocycles. The van der Waals surface area contributed by atoms with Crippen LogP contribution in [0.3, 0.4) is 0 Å². The average molecular weight is 282 g/mol. The van der Waals surface area contributed by atoms with Crippen LogP contribution in [0.2, 0.25) is 0 Å². The van der Waals surface area contributed by atoms with Crippen molar-refractivity contribution < 1.29 is 13.2 Å². The molecule has 2 aliphatic heterocycles. The summed E-state index contributed by atoms with van der Waals surface area (Å²) in [7, 11) is -3.42. The smallest absolute Gasteiger partial charge is 0.243 e. The molecule has 2 heterocycles. The molecule has 1 fully saturated rings. The zero-order valence-electron chi connectivity index (χ0n) is 10.9. The lowest BCUT2D eigenvalue weighted by Crippen LogP contribution is -2.46. The number of hydrogen-bond acceptors (Lipinski definition) is 4. The van der Waals surface area contributed by atoms with Gasteiger partial charge < -0.3 is 10.1 Å². The number of benzene rings is 1. The highest BCUT2D eigenvalue weighted by Gasteiger charge is 2.32. The Labute approximate surface area is 113 Å². The number of sulfonamides is 1. The predicted octanol–water partition coefficient (Wildman–Crippen LogP) is 1.06. The second-order valence-electron chi connectivity index (χ2n) is 5.04. The summed E-state index contributed by atoms with van der Waals surface area (Å²) in [6.45, 7) is 4.11. The lowest BCUT2D eigenvalue weighted by Gasteiger charge is -2.32. The molecule has 6 heteroatoms. The van der Waals surface area contributed by atoms with Gasteiger partial charge in [0.05, 0.1) is 18.1 Å². The second-order valence-corrected chi connectivity index (χ2v) is 6.93. The number of nitrogens with zero attached hydrogens (tertiary/aromatic N) is 1. The van der Waals surface area contributed by atoms with Gasteiger partial charge in [0.1, 0.15) is 0 Å². The highest BCUT2D eigenvalue weighted by atomic mass is 32.2. The van der Waals surface area contributed by atoms with Crippen molar-refractivity contribution in [1.82, 2.24) is 4.31 Å². The Kier molecular flexibility index (Phi) is 3.24. The molecule has 0 amide bonds. The van der Waals surface area contributed by atoms with Gasteiger partial charge in [-0.3, -0.25) is 0 Å². The maximum Gasteiger partial charge on any atom is 0.243 e. The summed E-state index contributed by atoms with van der Waals surface area (Å²) >= 11 is 0. The van der Waals surface area contributed by atoms with Crippen molar-refractivity contribution in [2.24, 2.45) is 0 Å². The summed E-state index contributed by atoms with van der Waals surface area (Å²) in [4.78, 5) is 0.370. The van der Waals surface area contributed by atoms with Crippen LogP contribution in [0.5, 0.6) is 0 Å². The van der Waals surface area contributed by atoms with Gasteiger partial charge >= 0.3 is 0 Å². The fourth-order valence-electron chi connectivity index (χ4n) is 2.63. The van der Waals surface area contributed by atoms with Crippen LogP contribution in [-0.2, 0) is 21.2 Å². The summed E-state index contributed by atoms with van der Waals surface area (Å²) in [5.41, 5.74) is 2.14. The molecule has 1 aromatic carbocycles. The van der Waals surface area contributed by atoms with E-state index in [1.807, 2.05) is 13.0 Å². The van der Waals surface area contributed by atoms with E-state index in [1.165, 1.54) is 9.87 Å². The number of morpholine rings is 1. The van der Waals surface area contributed by atoms with Crippen molar-refractivity contribution in [3.8, 4) is 0 Å². The highest BCUT2D eigenvalue weighted by Crippen LogP contribution is 2.28. The molecule has 1 saturated heterocycles. The molecule has 0 spiro atoms. The Balaban J connectivity index is 1.95. The fraction of sp³-hybridized carbons (Fsp3) is 0.538. The van der Waals surface area contributed by atoms with E-state index in [1.54, 1.807) is 12.1 Å². The summed E-state index contributed by atoms with van der Waals surface area (Å²) < 4.78 is 32.1. The van der Waals surface area contributed by atoms with E-state index in [2.05, 4.69) is 5.32 Å². The number of ether oxygens (including phenoxy) is 1. The van der Waals surface area contributed by atoms with Gasteiger partial charge in [0.25, 0.3) is 0 Å². The van der Waals surface area contributed by atoms with Crippen molar-refractivity contribution in [3.05, 3.63) is 23.8 Å². The van der Waals surface area contributed by atoms with E-state index in [-0.39, 0.29) is 6.04 Å². The monoisotopic (exact) mass is 282 g/mol. The molecule has 5 nitrogen and oxygen atoms in total. The van der Waals surface area contributed by atoms with E-state index in [4.69, 9.17) is 4.74 Å². The quantitative estimate of drug-likeness (QED) is 0.881. The van der Waals surface area contributed by atoms with Crippen molar-refractivity contribution in [1.29, 1.82) is 0 Å². The number of rotatable bonds is 2. The van der Waals surface area contributed by atoms with Gasteiger partial charge in [0.2, 0.25) is 10.0 Å². The van der Waals surface area contributed by atoms with Crippen molar-refractivity contribution in [2.45, 2.75) is 24.3 Å². The van der Waals surface area contributed by atoms with Gasteiger partial charge in [-0.05, 0) is 31.0 Å². The Hall–Kier alpha value is -1.11. The molecule has 3 rings (SSSR count). The third kappa shape index (κ3) is 2.24. The normalized spacial score (nSPS) is 23.9. The van der Waals surface area contributed by atoms with Crippen LogP contribution < -0.4 is 5.32 Å². The third-order valence-electron chi connectivity index (χ3n) is 3.70. The van der Waals surface area contributed by atoms with Crippen LogP contribution in [0.25, 0.3) is 0 Å². The molecule has 19 heavy (non-hydrogen) atoms. The van der Waals surface area contributed by atoms with Crippen LogP contribution in [0.15, 0.2) is 23.1 Å². The molecule has 2 aliphatic rings. The van der Waals surface area contributed by atoms with E-state index in [9.17, 15) is 8.42 Å². The van der Waals surface area contributed by atoms with Crippen LogP contribution in [0.4, 0.5) is 5.69 Å². The molecular formula is C13H18N2O3S. The summed E-state index contributed by atoms with van der Waals surface area (Å²) in [5, 5.41) is 3.22. The Morgan fingerprint density at radius 2 is 2.26 bits per heavy atom. The first-order chi connectivity index (χ1) is 9.09. The number of anilines is 1. The summed E-state index contributed by atoms with van der Waals surface area (Å²) in [5.74, 6) is 0. The molecule has 0 radical (unpaired) electrons. The maximum absolute atomic E-state index is 12.6. The minimum absolute atomic E-state index is 0.111. The third-order valence-corrected chi connectivity index (χ3v) is 5.71. The van der Waals surface area contributed by atoms with E-state index >= 15 is 0 Å². The molecule has 104 valence electrons. The van der Waals surface area contributed by atoms with Gasteiger partial charge in [-0.25, -0.2) is 8.42 Å². The van der Waals surface area contributed by atoms with E-state index in [0.717, 1.165) is 18.7 Å². The van der Waals surface area contributed by atoms with Crippen LogP contribution in [0, 0.1) is 0 Å². The first-order valence-electron chi connectivity index (χ1n) is 6.55. The Morgan fingerprint density at radius 3 is 3.05 bits per heavy atom. The molecule has 1 unspecified atom stereocenters. The Morgan fingerprint density at radius 1 is 1.42 bits per heavy atom. The first kappa shape index (κ1) is 12.9. The maximum atomic E-state index is 12.6. The van der Waals surface area contributed by atoms with Crippen molar-refractivity contribution in [3.63, 3.8) is 0 Å². The standard InChI is InChI=1S/C13H18N2O3S/c1-10-9-18-7-6-15(10)19(16,17)12-3-2-11-4-5-14-13(11)8-12/h2-3,8,10,14H,4-7,9H2,1H3. The van der Waals surface area contributed by atoms with E-state index in [0.29, 0.717) is 24.7 Å². The topological polar surface area (TPSA) is 58.6 Å². The van der Waals surface area contributed by atoms with Crippen LogP contribution >= 0.6 is 0 Å². The van der Waals surface area contributed by atoms with Gasteiger partial charge in [-0.1, -0.05) is 6.07 Å². The van der Waals surface area contributed by atoms with Crippen molar-refractivity contribution >= 4 is 15.7 Å². The lowest BCUT2D eigenvalue weighted by atomic mass is 10.2. The summed E-state index contributed by atoms with van der Waals surface area (Å²) in [6.07, 6.45) is 0.962. The molecule has 1 aromatic rings. The molecule has 1 atom stereocenters. The van der Waals surface area contributed by atoms with Crippen LogP contribution in [0.1, 0.15) is 12.5 Å². The number of fused-ring (bicyclic) bond motifs is 1. The molecule has 1 N–H and O–H groups in total. The first-order valence-corrected chi connectivity index (χ1v) is 7.99. The molecule has 0 saturated carbocycles. The van der Waals surface area contributed by atoms with Crippen LogP contribution in [-0.4, -0.2) is 45.1 Å². The average Bonchev–Trinajstić information content (AvgIpc) is 2.86. The lowest BCUT2D eigenvalue weighted by molar-refractivity contribution is 0.0393. The second kappa shape index (κ2) is 4.77. The van der Waals surface area contributed by atoms with Gasteiger partial charge in [-0.2, -0.15) is 4.31 Å². The Bertz CT molecular complexity index is 586. The van der Waals surface area contributed by atoms with Gasteiger partial charge in [-0.15, -0.1) is 0 Å². The van der Waals surface area contributed by atoms with Crippen molar-refractivity contribution in [2.75, 3.05) is 31.6 Å². The molecule has 0 aliphatic carbocycles. The largest absolute Gasteiger partial charge is 0.384 e. The summed E-state index contributed by atoms with van der Waals surface area (Å²) in [6, 6.07) is 5.26. The van der Waals surface area contributed by atoms with E-state index < -0.39 is 10.0 Å². The minimum Gasteiger partial charge on any atom is -0.384 e. The minimum atomic E-state index is -3.42. The number of hydrogen-bond donors (Lipinski definition) is 1. The fourth-order valence-corrected chi connectivity index (χ4v) is 4.26. The molecular weight excluding hydrogens is 264 g/mol. The van der Waals surface area contributed by atoms with Gasteiger partial charge in [0, 0.05) is 24.8 Å². The zero-order valence-corrected chi connectivity index (χ0v) is 11.7.